The fourth-order valence-electron chi connectivity index (χ4n) is 2.66. The summed E-state index contributed by atoms with van der Waals surface area (Å²) in [5.41, 5.74) is 6.63. The first kappa shape index (κ1) is 15.9. The third-order valence-corrected chi connectivity index (χ3v) is 4.01. The van der Waals surface area contributed by atoms with Gasteiger partial charge in [-0.05, 0) is 50.7 Å². The Hall–Kier alpha value is -1.45. The van der Waals surface area contributed by atoms with E-state index in [1.54, 1.807) is 0 Å². The van der Waals surface area contributed by atoms with E-state index < -0.39 is 0 Å². The van der Waals surface area contributed by atoms with Gasteiger partial charge in [-0.3, -0.25) is 0 Å². The van der Waals surface area contributed by atoms with Gasteiger partial charge in [0.25, 0.3) is 0 Å². The van der Waals surface area contributed by atoms with Crippen LogP contribution in [0.1, 0.15) is 48.0 Å². The zero-order valence-electron chi connectivity index (χ0n) is 14.2. The minimum atomic E-state index is -0.293. The smallest absolute Gasteiger partial charge is 0.239 e. The van der Waals surface area contributed by atoms with Gasteiger partial charge < -0.3 is 15.4 Å². The van der Waals surface area contributed by atoms with E-state index in [1.165, 1.54) is 6.42 Å². The van der Waals surface area contributed by atoms with E-state index in [1.807, 2.05) is 32.9 Å². The molecule has 0 bridgehead atoms. The molecule has 2 N–H and O–H groups in total. The molecule has 1 fully saturated rings. The Morgan fingerprint density at radius 1 is 1.19 bits per heavy atom. The zero-order valence-corrected chi connectivity index (χ0v) is 14.2. The van der Waals surface area contributed by atoms with Crippen molar-refractivity contribution >= 4 is 11.5 Å². The Balaban J connectivity index is 2.17. The van der Waals surface area contributed by atoms with Gasteiger partial charge in [0.05, 0.1) is 5.69 Å². The van der Waals surface area contributed by atoms with E-state index in [9.17, 15) is 0 Å². The van der Waals surface area contributed by atoms with Crippen LogP contribution < -0.4 is 15.4 Å². The Morgan fingerprint density at radius 2 is 1.86 bits per heavy atom. The van der Waals surface area contributed by atoms with Crippen LogP contribution in [-0.2, 0) is 0 Å². The van der Waals surface area contributed by atoms with Crippen molar-refractivity contribution in [2.75, 3.05) is 23.7 Å². The number of rotatable bonds is 2. The highest BCUT2D eigenvalue weighted by atomic mass is 16.5. The van der Waals surface area contributed by atoms with E-state index in [-0.39, 0.29) is 5.60 Å². The lowest BCUT2D eigenvalue weighted by atomic mass is 9.80. The van der Waals surface area contributed by atoms with Crippen molar-refractivity contribution in [3.05, 3.63) is 12.1 Å². The molecule has 0 spiro atoms. The van der Waals surface area contributed by atoms with Gasteiger partial charge in [0.2, 0.25) is 5.88 Å². The molecule has 0 amide bonds. The van der Waals surface area contributed by atoms with Gasteiger partial charge in [-0.25, -0.2) is 0 Å². The maximum absolute atomic E-state index is 5.99. The molecule has 0 aromatic carbocycles. The molecule has 2 rings (SSSR count). The minimum absolute atomic E-state index is 0.293. The Morgan fingerprint density at radius 3 is 2.38 bits per heavy atom. The first-order chi connectivity index (χ1) is 9.56. The fraction of sp³-hybridized carbons (Fsp3) is 0.706. The van der Waals surface area contributed by atoms with E-state index in [0.717, 1.165) is 18.9 Å². The van der Waals surface area contributed by atoms with Crippen LogP contribution >= 0.6 is 0 Å². The Kier molecular flexibility index (Phi) is 4.09. The molecule has 1 aromatic heterocycles. The normalized spacial score (nSPS) is 19.9. The predicted molar refractivity (Wildman–Crippen MR) is 88.8 cm³/mol. The lowest BCUT2D eigenvalue weighted by Gasteiger charge is -2.27. The second kappa shape index (κ2) is 5.39. The molecule has 4 heteroatoms. The van der Waals surface area contributed by atoms with Crippen LogP contribution in [0.4, 0.5) is 11.5 Å². The third-order valence-electron chi connectivity index (χ3n) is 4.01. The van der Waals surface area contributed by atoms with Crippen LogP contribution in [0.5, 0.6) is 5.88 Å². The van der Waals surface area contributed by atoms with Gasteiger partial charge >= 0.3 is 0 Å². The first-order valence-corrected chi connectivity index (χ1v) is 7.77. The van der Waals surface area contributed by atoms with Crippen molar-refractivity contribution in [2.45, 2.75) is 53.6 Å². The molecule has 4 nitrogen and oxygen atoms in total. The summed E-state index contributed by atoms with van der Waals surface area (Å²) < 4.78 is 5.86. The van der Waals surface area contributed by atoms with Gasteiger partial charge in [-0.2, -0.15) is 4.98 Å². The number of pyridine rings is 1. The SMILES string of the molecule is CC(C)(C)Oc1nc(N2CCC(C(C)(C)C)C2)ccc1N. The highest BCUT2D eigenvalue weighted by Gasteiger charge is 2.32. The number of hydrogen-bond donors (Lipinski definition) is 1. The molecule has 0 radical (unpaired) electrons. The number of nitrogens with zero attached hydrogens (tertiary/aromatic N) is 2. The molecule has 1 aliphatic rings. The van der Waals surface area contributed by atoms with E-state index in [0.29, 0.717) is 22.9 Å². The molecule has 1 atom stereocenters. The summed E-state index contributed by atoms with van der Waals surface area (Å²) >= 11 is 0. The van der Waals surface area contributed by atoms with Gasteiger partial charge in [-0.15, -0.1) is 0 Å². The molecule has 118 valence electrons. The fourth-order valence-corrected chi connectivity index (χ4v) is 2.66. The number of hydrogen-bond acceptors (Lipinski definition) is 4. The number of aromatic nitrogens is 1. The summed E-state index contributed by atoms with van der Waals surface area (Å²) in [5, 5.41) is 0. The van der Waals surface area contributed by atoms with E-state index in [4.69, 9.17) is 10.5 Å². The minimum Gasteiger partial charge on any atom is -0.470 e. The van der Waals surface area contributed by atoms with Crippen LogP contribution in [0.3, 0.4) is 0 Å². The lowest BCUT2D eigenvalue weighted by molar-refractivity contribution is 0.125. The molecule has 1 unspecified atom stereocenters. The number of nitrogens with two attached hydrogens (primary N) is 1. The summed E-state index contributed by atoms with van der Waals surface area (Å²) in [6.07, 6.45) is 1.21. The number of nitrogen functional groups attached to an aromatic ring is 1. The van der Waals surface area contributed by atoms with Crippen molar-refractivity contribution in [1.82, 2.24) is 4.98 Å². The van der Waals surface area contributed by atoms with Crippen LogP contribution in [-0.4, -0.2) is 23.7 Å². The molecular formula is C17H29N3O. The monoisotopic (exact) mass is 291 g/mol. The highest BCUT2D eigenvalue weighted by Crippen LogP contribution is 2.36. The Labute approximate surface area is 128 Å². The topological polar surface area (TPSA) is 51.4 Å². The van der Waals surface area contributed by atoms with Crippen LogP contribution in [0, 0.1) is 11.3 Å². The average Bonchev–Trinajstić information content (AvgIpc) is 2.79. The number of ether oxygens (including phenoxy) is 1. The second-order valence-electron chi connectivity index (χ2n) is 8.08. The summed E-state index contributed by atoms with van der Waals surface area (Å²) in [6, 6.07) is 3.89. The summed E-state index contributed by atoms with van der Waals surface area (Å²) in [7, 11) is 0. The van der Waals surface area contributed by atoms with Crippen molar-refractivity contribution in [1.29, 1.82) is 0 Å². The Bertz CT molecular complexity index is 500. The standard InChI is InChI=1S/C17H29N3O/c1-16(2,3)12-9-10-20(11-12)14-8-7-13(18)15(19-14)21-17(4,5)6/h7-8,12H,9-11,18H2,1-6H3. The van der Waals surface area contributed by atoms with Crippen molar-refractivity contribution in [3.8, 4) is 5.88 Å². The maximum atomic E-state index is 5.99. The molecule has 1 aliphatic heterocycles. The molecule has 2 heterocycles. The summed E-state index contributed by atoms with van der Waals surface area (Å²) in [6.45, 7) is 15.1. The van der Waals surface area contributed by atoms with Crippen molar-refractivity contribution < 1.29 is 4.74 Å². The quantitative estimate of drug-likeness (QED) is 0.902. The molecule has 0 saturated carbocycles. The van der Waals surface area contributed by atoms with Crippen LogP contribution in [0.15, 0.2) is 12.1 Å². The van der Waals surface area contributed by atoms with Gasteiger partial charge in [0, 0.05) is 13.1 Å². The van der Waals surface area contributed by atoms with Gasteiger partial charge in [0.1, 0.15) is 11.4 Å². The molecule has 21 heavy (non-hydrogen) atoms. The third kappa shape index (κ3) is 4.02. The first-order valence-electron chi connectivity index (χ1n) is 7.77. The largest absolute Gasteiger partial charge is 0.470 e. The predicted octanol–water partition coefficient (Wildman–Crippen LogP) is 3.71. The zero-order chi connectivity index (χ0) is 15.8. The lowest BCUT2D eigenvalue weighted by Crippen LogP contribution is -2.27. The molecule has 1 aromatic rings. The van der Waals surface area contributed by atoms with Crippen molar-refractivity contribution in [2.24, 2.45) is 11.3 Å². The second-order valence-corrected chi connectivity index (χ2v) is 8.08. The summed E-state index contributed by atoms with van der Waals surface area (Å²) in [5.74, 6) is 2.21. The maximum Gasteiger partial charge on any atom is 0.239 e. The van der Waals surface area contributed by atoms with Gasteiger partial charge in [-0.1, -0.05) is 20.8 Å². The summed E-state index contributed by atoms with van der Waals surface area (Å²) in [4.78, 5) is 6.97. The van der Waals surface area contributed by atoms with Gasteiger partial charge in [0.15, 0.2) is 0 Å². The van der Waals surface area contributed by atoms with Crippen LogP contribution in [0.2, 0.25) is 0 Å². The van der Waals surface area contributed by atoms with E-state index in [2.05, 4.69) is 30.7 Å². The van der Waals surface area contributed by atoms with E-state index >= 15 is 0 Å². The van der Waals surface area contributed by atoms with Crippen molar-refractivity contribution in [3.63, 3.8) is 0 Å². The highest BCUT2D eigenvalue weighted by molar-refractivity contribution is 5.55. The number of anilines is 2. The molecular weight excluding hydrogens is 262 g/mol. The molecule has 1 saturated heterocycles. The van der Waals surface area contributed by atoms with Crippen LogP contribution in [0.25, 0.3) is 0 Å². The molecule has 0 aliphatic carbocycles. The average molecular weight is 291 g/mol.